The van der Waals surface area contributed by atoms with E-state index in [4.69, 9.17) is 0 Å². The normalized spacial score (nSPS) is 16.8. The second kappa shape index (κ2) is 15.6. The number of halogens is 28. The van der Waals surface area contributed by atoms with Crippen LogP contribution in [0.15, 0.2) is 24.3 Å². The van der Waals surface area contributed by atoms with Crippen LogP contribution in [-0.4, -0.2) is 79.4 Å². The minimum atomic E-state index is -8.12. The number of aryl methyl sites for hydroxylation is 2. The van der Waals surface area contributed by atoms with E-state index >= 15 is 0 Å². The van der Waals surface area contributed by atoms with Crippen molar-refractivity contribution in [1.82, 2.24) is 0 Å². The van der Waals surface area contributed by atoms with Gasteiger partial charge in [-0.15, -0.1) is 0 Å². The van der Waals surface area contributed by atoms with Gasteiger partial charge in [0.15, 0.2) is 0 Å². The quantitative estimate of drug-likeness (QED) is 0.0781. The van der Waals surface area contributed by atoms with Crippen LogP contribution in [0.3, 0.4) is 0 Å². The van der Waals surface area contributed by atoms with Crippen LogP contribution in [0, 0.1) is 0 Å². The summed E-state index contributed by atoms with van der Waals surface area (Å²) in [6.45, 7) is 0. The van der Waals surface area contributed by atoms with Gasteiger partial charge < -0.3 is 0 Å². The SMILES string of the molecule is FC(F)(F)C(F)(F)C(F)(F)C(F)(F)C(F)(F)C(F)(F)CC(I)CCc1ccccc1CCC(I)CC(F)(F)C(F)(F)C(F)(F)C(F)(F)C(F)(F)C(F)(F)F. The molecule has 0 aromatic heterocycles. The lowest BCUT2D eigenvalue weighted by Crippen LogP contribution is -2.70. The van der Waals surface area contributed by atoms with Gasteiger partial charge >= 0.3 is 71.6 Å². The Bertz CT molecular complexity index is 1310. The van der Waals surface area contributed by atoms with Crippen molar-refractivity contribution in [1.29, 1.82) is 0 Å². The topological polar surface area (TPSA) is 0 Å². The van der Waals surface area contributed by atoms with Crippen molar-refractivity contribution in [3.05, 3.63) is 35.4 Å². The molecule has 2 unspecified atom stereocenters. The fourth-order valence-corrected chi connectivity index (χ4v) is 6.02. The maximum absolute atomic E-state index is 14.3. The Balaban J connectivity index is 3.14. The molecular weight excluding hydrogens is 1060 g/mol. The fourth-order valence-electron chi connectivity index (χ4n) is 4.29. The summed E-state index contributed by atoms with van der Waals surface area (Å²) in [6, 6.07) is 4.41. The van der Waals surface area contributed by atoms with E-state index in [-0.39, 0.29) is 11.1 Å². The molecule has 0 aliphatic rings. The Morgan fingerprint density at radius 3 is 0.796 bits per heavy atom. The van der Waals surface area contributed by atoms with Crippen LogP contribution < -0.4 is 0 Å². The molecule has 0 aliphatic carbocycles. The lowest BCUT2D eigenvalue weighted by Gasteiger charge is -2.40. The molecule has 1 aromatic rings. The second-order valence-electron chi connectivity index (χ2n) is 11.4. The minimum absolute atomic E-state index is 0.0998. The first-order chi connectivity index (χ1) is 23.5. The van der Waals surface area contributed by atoms with E-state index in [2.05, 4.69) is 0 Å². The number of hydrogen-bond acceptors (Lipinski definition) is 0. The Kier molecular flexibility index (Phi) is 14.7. The van der Waals surface area contributed by atoms with Crippen molar-refractivity contribution in [2.45, 2.75) is 118 Å². The van der Waals surface area contributed by atoms with Crippen molar-refractivity contribution >= 4 is 45.2 Å². The molecule has 0 spiro atoms. The van der Waals surface area contributed by atoms with E-state index in [9.17, 15) is 114 Å². The number of hydrogen-bond donors (Lipinski definition) is 0. The highest BCUT2D eigenvalue weighted by atomic mass is 127. The predicted octanol–water partition coefficient (Wildman–Crippen LogP) is 13.4. The molecule has 0 fully saturated rings. The number of rotatable bonds is 18. The average molecular weight is 1080 g/mol. The summed E-state index contributed by atoms with van der Waals surface area (Å²) in [4.78, 5) is 0. The molecule has 0 saturated heterocycles. The summed E-state index contributed by atoms with van der Waals surface area (Å²) in [5, 5.41) is 0. The molecule has 0 bridgehead atoms. The maximum atomic E-state index is 14.3. The number of alkyl halides is 28. The number of benzene rings is 1. The van der Waals surface area contributed by atoms with Crippen LogP contribution in [-0.2, 0) is 12.8 Å². The highest BCUT2D eigenvalue weighted by Crippen LogP contribution is 2.62. The predicted molar refractivity (Wildman–Crippen MR) is 150 cm³/mol. The van der Waals surface area contributed by atoms with Crippen LogP contribution in [0.1, 0.15) is 36.8 Å². The third kappa shape index (κ3) is 8.80. The highest BCUT2D eigenvalue weighted by Gasteiger charge is 2.92. The molecule has 0 aliphatic heterocycles. The summed E-state index contributed by atoms with van der Waals surface area (Å²) in [7, 11) is 0. The smallest absolute Gasteiger partial charge is 0.200 e. The standard InChI is InChI=1S/C26H18F26I2/c27-15(28,17(31,32)19(35,36)21(39,40)23(43,44)25(47,48)49)9-13(53)7-5-11-3-1-2-4-12(11)6-8-14(54)10-16(29,30)18(33,34)20(37,38)22(41,42)24(45,46)26(50,51)52/h1-4,13-14H,5-10H2. The molecular formula is C26H18F26I2. The van der Waals surface area contributed by atoms with Gasteiger partial charge in [-0.3, -0.25) is 0 Å². The van der Waals surface area contributed by atoms with Crippen LogP contribution in [0.25, 0.3) is 0 Å². The van der Waals surface area contributed by atoms with Crippen LogP contribution in [0.2, 0.25) is 0 Å². The molecule has 0 N–H and O–H groups in total. The minimum Gasteiger partial charge on any atom is -0.200 e. The van der Waals surface area contributed by atoms with E-state index in [0.717, 1.165) is 69.4 Å². The summed E-state index contributed by atoms with van der Waals surface area (Å²) >= 11 is 1.69. The summed E-state index contributed by atoms with van der Waals surface area (Å²) in [6.07, 6.45) is -23.3. The Morgan fingerprint density at radius 1 is 0.352 bits per heavy atom. The molecule has 0 saturated carbocycles. The van der Waals surface area contributed by atoms with Gasteiger partial charge in [0.25, 0.3) is 0 Å². The first kappa shape index (κ1) is 50.9. The molecule has 28 heteroatoms. The third-order valence-corrected chi connectivity index (χ3v) is 9.65. The van der Waals surface area contributed by atoms with Crippen molar-refractivity contribution in [2.75, 3.05) is 0 Å². The summed E-state index contributed by atoms with van der Waals surface area (Å²) in [5.41, 5.74) is -0.200. The van der Waals surface area contributed by atoms with E-state index in [1.165, 1.54) is 0 Å². The lowest BCUT2D eigenvalue weighted by atomic mass is 9.90. The van der Waals surface area contributed by atoms with Gasteiger partial charge in [0, 0.05) is 20.7 Å². The zero-order valence-electron chi connectivity index (χ0n) is 25.3. The fraction of sp³-hybridized carbons (Fsp3) is 0.769. The van der Waals surface area contributed by atoms with Gasteiger partial charge in [0.1, 0.15) is 0 Å². The highest BCUT2D eigenvalue weighted by molar-refractivity contribution is 14.1. The zero-order valence-corrected chi connectivity index (χ0v) is 29.6. The Morgan fingerprint density at radius 2 is 0.574 bits per heavy atom. The van der Waals surface area contributed by atoms with Gasteiger partial charge in [-0.1, -0.05) is 69.4 Å². The molecule has 1 rings (SSSR count). The maximum Gasteiger partial charge on any atom is 0.460 e. The van der Waals surface area contributed by atoms with E-state index in [1.54, 1.807) is 0 Å². The molecule has 1 aromatic carbocycles. The van der Waals surface area contributed by atoms with E-state index < -0.39 is 118 Å². The first-order valence-electron chi connectivity index (χ1n) is 13.7. The van der Waals surface area contributed by atoms with Gasteiger partial charge in [0.05, 0.1) is 0 Å². The van der Waals surface area contributed by atoms with Gasteiger partial charge in [-0.25, -0.2) is 0 Å². The Labute approximate surface area is 312 Å². The first-order valence-corrected chi connectivity index (χ1v) is 16.2. The molecule has 54 heavy (non-hydrogen) atoms. The average Bonchev–Trinajstić information content (AvgIpc) is 2.96. The zero-order chi connectivity index (χ0) is 43.4. The molecule has 0 nitrogen and oxygen atoms in total. The van der Waals surface area contributed by atoms with E-state index in [1.807, 2.05) is 0 Å². The molecule has 2 atom stereocenters. The summed E-state index contributed by atoms with van der Waals surface area (Å²) in [5.74, 6) is -76.0. The van der Waals surface area contributed by atoms with Crippen molar-refractivity contribution in [3.8, 4) is 0 Å². The van der Waals surface area contributed by atoms with Crippen molar-refractivity contribution in [2.24, 2.45) is 0 Å². The van der Waals surface area contributed by atoms with Crippen LogP contribution in [0.4, 0.5) is 114 Å². The lowest BCUT2D eigenvalue weighted by molar-refractivity contribution is -0.440. The van der Waals surface area contributed by atoms with Crippen molar-refractivity contribution < 1.29 is 114 Å². The Hall–Kier alpha value is -1.14. The van der Waals surface area contributed by atoms with Gasteiger partial charge in [0.2, 0.25) is 0 Å². The second-order valence-corrected chi connectivity index (χ2v) is 15.0. The summed E-state index contributed by atoms with van der Waals surface area (Å²) < 4.78 is 344. The molecule has 0 radical (unpaired) electrons. The van der Waals surface area contributed by atoms with E-state index in [0.29, 0.717) is 0 Å². The third-order valence-electron chi connectivity index (χ3n) is 7.52. The van der Waals surface area contributed by atoms with Gasteiger partial charge in [-0.05, 0) is 36.8 Å². The monoisotopic (exact) mass is 1080 g/mol. The van der Waals surface area contributed by atoms with Crippen molar-refractivity contribution in [3.63, 3.8) is 0 Å². The largest absolute Gasteiger partial charge is 0.460 e. The molecule has 0 heterocycles. The van der Waals surface area contributed by atoms with Crippen LogP contribution in [0.5, 0.6) is 0 Å². The van der Waals surface area contributed by atoms with Gasteiger partial charge in [-0.2, -0.15) is 114 Å². The van der Waals surface area contributed by atoms with Crippen LogP contribution >= 0.6 is 45.2 Å². The molecule has 318 valence electrons. The molecule has 0 amide bonds.